The number of halogens is 1. The Morgan fingerprint density at radius 2 is 1.75 bits per heavy atom. The van der Waals surface area contributed by atoms with E-state index in [1.165, 1.54) is 6.08 Å². The van der Waals surface area contributed by atoms with Gasteiger partial charge < -0.3 is 9.47 Å². The number of hydrogen-bond donors (Lipinski definition) is 0. The minimum Gasteiger partial charge on any atom is -0.497 e. The minimum atomic E-state index is -0.422. The van der Waals surface area contributed by atoms with Gasteiger partial charge in [0.05, 0.1) is 7.11 Å². The number of benzene rings is 3. The maximum Gasteiger partial charge on any atom is 0.336 e. The topological polar surface area (TPSA) is 35.5 Å². The van der Waals surface area contributed by atoms with Crippen molar-refractivity contribution in [3.05, 3.63) is 76.8 Å². The fourth-order valence-corrected chi connectivity index (χ4v) is 2.70. The average Bonchev–Trinajstić information content (AvgIpc) is 2.60. The van der Waals surface area contributed by atoms with Crippen LogP contribution in [0.5, 0.6) is 11.5 Å². The molecule has 0 aliphatic rings. The van der Waals surface area contributed by atoms with E-state index in [2.05, 4.69) is 15.9 Å². The van der Waals surface area contributed by atoms with Crippen molar-refractivity contribution in [2.24, 2.45) is 0 Å². The zero-order chi connectivity index (χ0) is 16.9. The summed E-state index contributed by atoms with van der Waals surface area (Å²) < 4.78 is 11.5. The molecule has 0 unspecified atom stereocenters. The highest BCUT2D eigenvalue weighted by Gasteiger charge is 2.03. The molecule has 0 radical (unpaired) electrons. The summed E-state index contributed by atoms with van der Waals surface area (Å²) in [6, 6.07) is 19.0. The number of carbonyl (C=O) groups excluding carboxylic acids is 1. The van der Waals surface area contributed by atoms with E-state index < -0.39 is 5.97 Å². The Morgan fingerprint density at radius 1 is 0.958 bits per heavy atom. The van der Waals surface area contributed by atoms with Crippen LogP contribution in [-0.2, 0) is 4.79 Å². The summed E-state index contributed by atoms with van der Waals surface area (Å²) in [5, 5.41) is 2.09. The maximum absolute atomic E-state index is 12.0. The predicted molar refractivity (Wildman–Crippen MR) is 99.3 cm³/mol. The molecule has 4 heteroatoms. The van der Waals surface area contributed by atoms with Gasteiger partial charge in [-0.15, -0.1) is 0 Å². The number of hydrogen-bond acceptors (Lipinski definition) is 3. The molecular weight excluding hydrogens is 368 g/mol. The number of ether oxygens (including phenoxy) is 2. The Morgan fingerprint density at radius 3 is 2.58 bits per heavy atom. The van der Waals surface area contributed by atoms with Crippen molar-refractivity contribution >= 4 is 38.7 Å². The molecule has 0 saturated carbocycles. The second kappa shape index (κ2) is 7.32. The molecule has 3 aromatic rings. The summed E-state index contributed by atoms with van der Waals surface area (Å²) in [5.74, 6) is 0.839. The van der Waals surface area contributed by atoms with Crippen LogP contribution < -0.4 is 9.47 Å². The van der Waals surface area contributed by atoms with E-state index in [1.807, 2.05) is 54.6 Å². The molecule has 0 heterocycles. The third-order valence-corrected chi connectivity index (χ3v) is 3.99. The van der Waals surface area contributed by atoms with Gasteiger partial charge in [-0.1, -0.05) is 40.2 Å². The molecule has 120 valence electrons. The van der Waals surface area contributed by atoms with Crippen LogP contribution in [0.4, 0.5) is 0 Å². The van der Waals surface area contributed by atoms with Gasteiger partial charge in [0.2, 0.25) is 0 Å². The Kier molecular flexibility index (Phi) is 4.96. The van der Waals surface area contributed by atoms with Crippen LogP contribution in [0.1, 0.15) is 5.56 Å². The lowest BCUT2D eigenvalue weighted by Crippen LogP contribution is -2.03. The number of methoxy groups -OCH3 is 1. The molecule has 0 atom stereocenters. The zero-order valence-corrected chi connectivity index (χ0v) is 14.6. The van der Waals surface area contributed by atoms with Crippen LogP contribution in [-0.4, -0.2) is 13.1 Å². The summed E-state index contributed by atoms with van der Waals surface area (Å²) in [7, 11) is 1.61. The Bertz CT molecular complexity index is 916. The number of carbonyl (C=O) groups is 1. The monoisotopic (exact) mass is 382 g/mol. The van der Waals surface area contributed by atoms with Gasteiger partial charge in [0.15, 0.2) is 0 Å². The molecule has 3 rings (SSSR count). The summed E-state index contributed by atoms with van der Waals surface area (Å²) in [5.41, 5.74) is 0.870. The van der Waals surface area contributed by atoms with E-state index in [-0.39, 0.29) is 0 Å². The molecule has 0 aromatic heterocycles. The van der Waals surface area contributed by atoms with Crippen molar-refractivity contribution in [1.29, 1.82) is 0 Å². The first-order valence-electron chi connectivity index (χ1n) is 7.37. The summed E-state index contributed by atoms with van der Waals surface area (Å²) >= 11 is 3.44. The standard InChI is InChI=1S/C20H15BrO3/c1-23-18-4-2-3-14(11-18)5-10-20(22)24-19-9-7-15-12-17(21)8-6-16(15)13-19/h2-13H,1H3. The Balaban J connectivity index is 1.72. The molecule has 3 aromatic carbocycles. The lowest BCUT2D eigenvalue weighted by molar-refractivity contribution is -0.128. The molecule has 24 heavy (non-hydrogen) atoms. The molecule has 0 aliphatic heterocycles. The van der Waals surface area contributed by atoms with Crippen LogP contribution in [0.15, 0.2) is 71.2 Å². The van der Waals surface area contributed by atoms with Gasteiger partial charge in [0.1, 0.15) is 11.5 Å². The molecule has 0 bridgehead atoms. The van der Waals surface area contributed by atoms with Crippen molar-refractivity contribution < 1.29 is 14.3 Å². The van der Waals surface area contributed by atoms with Gasteiger partial charge in [-0.2, -0.15) is 0 Å². The van der Waals surface area contributed by atoms with E-state index >= 15 is 0 Å². The fourth-order valence-electron chi connectivity index (χ4n) is 2.32. The maximum atomic E-state index is 12.0. The highest BCUT2D eigenvalue weighted by Crippen LogP contribution is 2.24. The molecule has 0 aliphatic carbocycles. The molecule has 0 N–H and O–H groups in total. The number of fused-ring (bicyclic) bond motifs is 1. The van der Waals surface area contributed by atoms with Gasteiger partial charge in [-0.05, 0) is 58.8 Å². The minimum absolute atomic E-state index is 0.422. The SMILES string of the molecule is COc1cccc(C=CC(=O)Oc2ccc3cc(Br)ccc3c2)c1. The van der Waals surface area contributed by atoms with Crippen LogP contribution in [0.3, 0.4) is 0 Å². The van der Waals surface area contributed by atoms with Crippen LogP contribution in [0.2, 0.25) is 0 Å². The van der Waals surface area contributed by atoms with Gasteiger partial charge >= 0.3 is 5.97 Å². The summed E-state index contributed by atoms with van der Waals surface area (Å²) in [6.07, 6.45) is 3.10. The van der Waals surface area contributed by atoms with E-state index in [0.717, 1.165) is 26.6 Å². The molecule has 0 amide bonds. The van der Waals surface area contributed by atoms with Crippen LogP contribution >= 0.6 is 15.9 Å². The molecule has 0 saturated heterocycles. The summed E-state index contributed by atoms with van der Waals surface area (Å²) in [6.45, 7) is 0. The van der Waals surface area contributed by atoms with Gasteiger partial charge in [0, 0.05) is 10.5 Å². The van der Waals surface area contributed by atoms with Crippen LogP contribution in [0.25, 0.3) is 16.8 Å². The lowest BCUT2D eigenvalue weighted by Gasteiger charge is -2.04. The smallest absolute Gasteiger partial charge is 0.336 e. The van der Waals surface area contributed by atoms with E-state index in [4.69, 9.17) is 9.47 Å². The zero-order valence-electron chi connectivity index (χ0n) is 13.0. The number of esters is 1. The molecular formula is C20H15BrO3. The highest BCUT2D eigenvalue weighted by atomic mass is 79.9. The highest BCUT2D eigenvalue weighted by molar-refractivity contribution is 9.10. The summed E-state index contributed by atoms with van der Waals surface area (Å²) in [4.78, 5) is 12.0. The Labute approximate surface area is 148 Å². The quantitative estimate of drug-likeness (QED) is 0.352. The third kappa shape index (κ3) is 4.03. The largest absolute Gasteiger partial charge is 0.497 e. The third-order valence-electron chi connectivity index (χ3n) is 3.50. The van der Waals surface area contributed by atoms with Gasteiger partial charge in [0.25, 0.3) is 0 Å². The van der Waals surface area contributed by atoms with Crippen molar-refractivity contribution in [3.63, 3.8) is 0 Å². The van der Waals surface area contributed by atoms with Gasteiger partial charge in [-0.3, -0.25) is 0 Å². The predicted octanol–water partition coefficient (Wildman–Crippen LogP) is 5.23. The van der Waals surface area contributed by atoms with Crippen LogP contribution in [0, 0.1) is 0 Å². The van der Waals surface area contributed by atoms with E-state index in [1.54, 1.807) is 19.3 Å². The van der Waals surface area contributed by atoms with E-state index in [0.29, 0.717) is 5.75 Å². The lowest BCUT2D eigenvalue weighted by atomic mass is 10.1. The van der Waals surface area contributed by atoms with Crippen molar-refractivity contribution in [2.75, 3.05) is 7.11 Å². The molecule has 0 fully saturated rings. The van der Waals surface area contributed by atoms with Gasteiger partial charge in [-0.25, -0.2) is 4.79 Å². The first-order valence-corrected chi connectivity index (χ1v) is 8.16. The molecule has 3 nitrogen and oxygen atoms in total. The Hall–Kier alpha value is -2.59. The van der Waals surface area contributed by atoms with Crippen molar-refractivity contribution in [3.8, 4) is 11.5 Å². The number of rotatable bonds is 4. The average molecular weight is 383 g/mol. The normalized spacial score (nSPS) is 10.9. The molecule has 0 spiro atoms. The first-order chi connectivity index (χ1) is 11.6. The van der Waals surface area contributed by atoms with Crippen molar-refractivity contribution in [2.45, 2.75) is 0 Å². The fraction of sp³-hybridized carbons (Fsp3) is 0.0500. The second-order valence-electron chi connectivity index (χ2n) is 5.18. The first kappa shape index (κ1) is 16.3. The van der Waals surface area contributed by atoms with Crippen molar-refractivity contribution in [1.82, 2.24) is 0 Å². The van der Waals surface area contributed by atoms with E-state index in [9.17, 15) is 4.79 Å². The second-order valence-corrected chi connectivity index (χ2v) is 6.10.